The number of benzene rings is 1. The van der Waals surface area contributed by atoms with Gasteiger partial charge in [0.05, 0.1) is 6.54 Å². The highest BCUT2D eigenvalue weighted by molar-refractivity contribution is 6.01. The van der Waals surface area contributed by atoms with E-state index in [1.54, 1.807) is 6.20 Å². The molecule has 5 heteroatoms. The van der Waals surface area contributed by atoms with E-state index in [2.05, 4.69) is 29.1 Å². The molecule has 0 radical (unpaired) electrons. The molecule has 0 atom stereocenters. The molecule has 0 spiro atoms. The maximum atomic E-state index is 12.9. The minimum Gasteiger partial charge on any atom is -0.350 e. The smallest absolute Gasteiger partial charge is 0.270 e. The number of hydrogen-bond donors (Lipinski definition) is 1. The van der Waals surface area contributed by atoms with Gasteiger partial charge in [0.1, 0.15) is 5.69 Å². The van der Waals surface area contributed by atoms with Crippen molar-refractivity contribution in [1.82, 2.24) is 19.7 Å². The van der Waals surface area contributed by atoms with Crippen LogP contribution in [-0.2, 0) is 6.54 Å². The molecule has 0 aliphatic heterocycles. The summed E-state index contributed by atoms with van der Waals surface area (Å²) in [6.45, 7) is 8.09. The number of H-pyrrole nitrogens is 1. The number of hydrogen-bond acceptors (Lipinski definition) is 2. The second kappa shape index (κ2) is 6.28. The number of aromatic amines is 1. The van der Waals surface area contributed by atoms with Gasteiger partial charge in [-0.15, -0.1) is 0 Å². The molecule has 3 aromatic rings. The number of carbonyl (C=O) groups excluding carboxylic acids is 1. The molecule has 0 saturated heterocycles. The zero-order valence-corrected chi connectivity index (χ0v) is 13.8. The Morgan fingerprint density at radius 2 is 2.17 bits per heavy atom. The molecular formula is C18H22N4O. The normalized spacial score (nSPS) is 11.1. The van der Waals surface area contributed by atoms with Crippen LogP contribution in [0.15, 0.2) is 36.7 Å². The van der Waals surface area contributed by atoms with Crippen LogP contribution < -0.4 is 0 Å². The Bertz CT molecular complexity index is 817. The first-order chi connectivity index (χ1) is 11.1. The van der Waals surface area contributed by atoms with Crippen molar-refractivity contribution in [3.05, 3.63) is 53.5 Å². The summed E-state index contributed by atoms with van der Waals surface area (Å²) >= 11 is 0. The van der Waals surface area contributed by atoms with Gasteiger partial charge in [-0.05, 0) is 44.5 Å². The van der Waals surface area contributed by atoms with Crippen molar-refractivity contribution in [2.45, 2.75) is 27.3 Å². The molecule has 5 nitrogen and oxygen atoms in total. The van der Waals surface area contributed by atoms with Crippen LogP contribution in [0.3, 0.4) is 0 Å². The van der Waals surface area contributed by atoms with Crippen molar-refractivity contribution in [3.63, 3.8) is 0 Å². The molecule has 0 aliphatic carbocycles. The zero-order chi connectivity index (χ0) is 16.4. The molecule has 0 bridgehead atoms. The maximum Gasteiger partial charge on any atom is 0.270 e. The van der Waals surface area contributed by atoms with E-state index >= 15 is 0 Å². The molecule has 1 aromatic carbocycles. The van der Waals surface area contributed by atoms with E-state index in [0.29, 0.717) is 25.3 Å². The number of amides is 1. The number of carbonyl (C=O) groups is 1. The molecule has 1 N–H and O–H groups in total. The van der Waals surface area contributed by atoms with Crippen LogP contribution in [0, 0.1) is 13.8 Å². The molecule has 23 heavy (non-hydrogen) atoms. The van der Waals surface area contributed by atoms with E-state index in [4.69, 9.17) is 0 Å². The fourth-order valence-corrected chi connectivity index (χ4v) is 2.87. The van der Waals surface area contributed by atoms with Crippen LogP contribution in [0.25, 0.3) is 10.9 Å². The molecule has 0 saturated carbocycles. The number of aryl methyl sites for hydroxylation is 2. The summed E-state index contributed by atoms with van der Waals surface area (Å²) in [5.74, 6) is 0.0472. The first-order valence-corrected chi connectivity index (χ1v) is 7.95. The SMILES string of the molecule is CCN(CCn1cccn1)C(=O)c1[nH]c2ccc(C)cc2c1C. The van der Waals surface area contributed by atoms with E-state index in [1.807, 2.05) is 41.8 Å². The van der Waals surface area contributed by atoms with E-state index < -0.39 is 0 Å². The van der Waals surface area contributed by atoms with Gasteiger partial charge in [-0.3, -0.25) is 9.48 Å². The van der Waals surface area contributed by atoms with Gasteiger partial charge in [-0.1, -0.05) is 11.6 Å². The standard InChI is InChI=1S/C18H22N4O/c1-4-21(10-11-22-9-5-8-19-22)18(23)17-14(3)15-12-13(2)6-7-16(15)20-17/h5-9,12,20H,4,10-11H2,1-3H3. The first-order valence-electron chi connectivity index (χ1n) is 7.95. The van der Waals surface area contributed by atoms with Gasteiger partial charge in [0, 0.05) is 36.4 Å². The van der Waals surface area contributed by atoms with Crippen molar-refractivity contribution >= 4 is 16.8 Å². The number of nitrogens with one attached hydrogen (secondary N) is 1. The second-order valence-electron chi connectivity index (χ2n) is 5.83. The minimum atomic E-state index is 0.0472. The lowest BCUT2D eigenvalue weighted by Gasteiger charge is -2.20. The summed E-state index contributed by atoms with van der Waals surface area (Å²) in [4.78, 5) is 18.0. The molecule has 1 amide bonds. The van der Waals surface area contributed by atoms with Gasteiger partial charge >= 0.3 is 0 Å². The first kappa shape index (κ1) is 15.3. The van der Waals surface area contributed by atoms with Crippen LogP contribution in [0.4, 0.5) is 0 Å². The van der Waals surface area contributed by atoms with E-state index in [-0.39, 0.29) is 5.91 Å². The Labute approximate surface area is 135 Å². The largest absolute Gasteiger partial charge is 0.350 e. The number of likely N-dealkylation sites (N-methyl/N-ethyl adjacent to an activating group) is 1. The Balaban J connectivity index is 1.84. The van der Waals surface area contributed by atoms with Crippen LogP contribution >= 0.6 is 0 Å². The second-order valence-corrected chi connectivity index (χ2v) is 5.83. The van der Waals surface area contributed by atoms with Gasteiger partial charge in [0.25, 0.3) is 5.91 Å². The Morgan fingerprint density at radius 1 is 1.35 bits per heavy atom. The van der Waals surface area contributed by atoms with Gasteiger partial charge in [-0.2, -0.15) is 5.10 Å². The van der Waals surface area contributed by atoms with Crippen LogP contribution in [0.2, 0.25) is 0 Å². The minimum absolute atomic E-state index is 0.0472. The number of nitrogens with zero attached hydrogens (tertiary/aromatic N) is 3. The van der Waals surface area contributed by atoms with Gasteiger partial charge in [0.15, 0.2) is 0 Å². The lowest BCUT2D eigenvalue weighted by atomic mass is 10.1. The third-order valence-electron chi connectivity index (χ3n) is 4.25. The molecule has 3 rings (SSSR count). The number of fused-ring (bicyclic) bond motifs is 1. The maximum absolute atomic E-state index is 12.9. The molecule has 0 aliphatic rings. The highest BCUT2D eigenvalue weighted by Gasteiger charge is 2.20. The number of aromatic nitrogens is 3. The quantitative estimate of drug-likeness (QED) is 0.787. The molecule has 0 fully saturated rings. The molecule has 0 unspecified atom stereocenters. The Morgan fingerprint density at radius 3 is 2.87 bits per heavy atom. The van der Waals surface area contributed by atoms with E-state index in [1.165, 1.54) is 5.56 Å². The summed E-state index contributed by atoms with van der Waals surface area (Å²) in [5.41, 5.74) is 3.92. The number of rotatable bonds is 5. The van der Waals surface area contributed by atoms with Crippen LogP contribution in [0.5, 0.6) is 0 Å². The molecule has 2 aromatic heterocycles. The third kappa shape index (κ3) is 2.99. The lowest BCUT2D eigenvalue weighted by Crippen LogP contribution is -2.34. The fraction of sp³-hybridized carbons (Fsp3) is 0.333. The summed E-state index contributed by atoms with van der Waals surface area (Å²) < 4.78 is 1.84. The topological polar surface area (TPSA) is 53.9 Å². The van der Waals surface area contributed by atoms with Crippen molar-refractivity contribution in [2.75, 3.05) is 13.1 Å². The van der Waals surface area contributed by atoms with Crippen LogP contribution in [-0.4, -0.2) is 38.7 Å². The molecular weight excluding hydrogens is 288 g/mol. The van der Waals surface area contributed by atoms with Gasteiger partial charge < -0.3 is 9.88 Å². The Kier molecular flexibility index (Phi) is 4.19. The third-order valence-corrected chi connectivity index (χ3v) is 4.25. The average Bonchev–Trinajstić information content (AvgIpc) is 3.16. The average molecular weight is 310 g/mol. The van der Waals surface area contributed by atoms with Crippen LogP contribution in [0.1, 0.15) is 28.5 Å². The van der Waals surface area contributed by atoms with Gasteiger partial charge in [0.2, 0.25) is 0 Å². The molecule has 120 valence electrons. The van der Waals surface area contributed by atoms with E-state index in [0.717, 1.165) is 16.5 Å². The van der Waals surface area contributed by atoms with E-state index in [9.17, 15) is 4.79 Å². The summed E-state index contributed by atoms with van der Waals surface area (Å²) in [7, 11) is 0. The van der Waals surface area contributed by atoms with Gasteiger partial charge in [-0.25, -0.2) is 0 Å². The predicted molar refractivity (Wildman–Crippen MR) is 91.6 cm³/mol. The summed E-state index contributed by atoms with van der Waals surface area (Å²) in [5, 5.41) is 5.31. The zero-order valence-electron chi connectivity index (χ0n) is 13.8. The molecule has 2 heterocycles. The summed E-state index contributed by atoms with van der Waals surface area (Å²) in [6.07, 6.45) is 3.66. The lowest BCUT2D eigenvalue weighted by molar-refractivity contribution is 0.0751. The van der Waals surface area contributed by atoms with Crippen molar-refractivity contribution in [1.29, 1.82) is 0 Å². The van der Waals surface area contributed by atoms with Crippen molar-refractivity contribution < 1.29 is 4.79 Å². The van der Waals surface area contributed by atoms with Crippen molar-refractivity contribution in [3.8, 4) is 0 Å². The Hall–Kier alpha value is -2.56. The highest BCUT2D eigenvalue weighted by atomic mass is 16.2. The predicted octanol–water partition coefficient (Wildman–Crippen LogP) is 3.14. The fourth-order valence-electron chi connectivity index (χ4n) is 2.87. The summed E-state index contributed by atoms with van der Waals surface area (Å²) in [6, 6.07) is 8.11. The highest BCUT2D eigenvalue weighted by Crippen LogP contribution is 2.23. The monoisotopic (exact) mass is 310 g/mol. The van der Waals surface area contributed by atoms with Crippen molar-refractivity contribution in [2.24, 2.45) is 0 Å².